The van der Waals surface area contributed by atoms with Gasteiger partial charge in [-0.1, -0.05) is 37.3 Å². The lowest BCUT2D eigenvalue weighted by Crippen LogP contribution is -2.53. The van der Waals surface area contributed by atoms with Crippen LogP contribution in [0.4, 0.5) is 5.69 Å². The lowest BCUT2D eigenvalue weighted by Gasteiger charge is -2.32. The van der Waals surface area contributed by atoms with Gasteiger partial charge in [0.05, 0.1) is 18.6 Å². The Morgan fingerprint density at radius 3 is 2.17 bits per heavy atom. The number of hydrogen-bond acceptors (Lipinski definition) is 5. The number of carbonyl (C=O) groups excluding carboxylic acids is 2. The van der Waals surface area contributed by atoms with E-state index in [1.165, 1.54) is 4.90 Å². The highest BCUT2D eigenvalue weighted by Crippen LogP contribution is 2.22. The van der Waals surface area contributed by atoms with Crippen molar-refractivity contribution in [2.75, 3.05) is 30.3 Å². The summed E-state index contributed by atoms with van der Waals surface area (Å²) in [6.45, 7) is 7.75. The topological polar surface area (TPSA) is 96.0 Å². The molecule has 2 rings (SSSR count). The molecule has 0 radical (unpaired) electrons. The lowest BCUT2D eigenvalue weighted by molar-refractivity contribution is -0.139. The van der Waals surface area contributed by atoms with E-state index in [1.54, 1.807) is 31.2 Å². The number of ether oxygens (including phenoxy) is 1. The Labute approximate surface area is 209 Å². The fourth-order valence-electron chi connectivity index (χ4n) is 3.52. The molecule has 2 amide bonds. The second-order valence-corrected chi connectivity index (χ2v) is 10.4. The standard InChI is InChI=1S/C26H37N3O5S/c1-6-20(3)27-26(31)21(4)28(18-17-22-11-9-8-10-12-22)25(30)19-29(35(5,32)33)23-13-15-24(16-14-23)34-7-2/h8-16,20-21H,6-7,17-19H2,1-5H3,(H,27,31)/t20-,21-/m1/s1. The Kier molecular flexibility index (Phi) is 10.6. The monoisotopic (exact) mass is 503 g/mol. The molecule has 0 saturated heterocycles. The smallest absolute Gasteiger partial charge is 0.244 e. The van der Waals surface area contributed by atoms with Gasteiger partial charge < -0.3 is 15.0 Å². The molecular formula is C26H37N3O5S. The van der Waals surface area contributed by atoms with Crippen molar-refractivity contribution in [3.05, 3.63) is 60.2 Å². The predicted octanol–water partition coefficient (Wildman–Crippen LogP) is 3.23. The Bertz CT molecular complexity index is 1060. The first kappa shape index (κ1) is 28.2. The number of nitrogens with zero attached hydrogens (tertiary/aromatic N) is 2. The van der Waals surface area contributed by atoms with Crippen molar-refractivity contribution in [2.45, 2.75) is 52.6 Å². The Morgan fingerprint density at radius 2 is 1.63 bits per heavy atom. The summed E-state index contributed by atoms with van der Waals surface area (Å²) >= 11 is 0. The van der Waals surface area contributed by atoms with Crippen LogP contribution in [0.1, 0.15) is 39.7 Å². The zero-order valence-corrected chi connectivity index (χ0v) is 22.0. The Balaban J connectivity index is 2.29. The molecule has 0 spiro atoms. The average Bonchev–Trinajstić information content (AvgIpc) is 2.83. The maximum Gasteiger partial charge on any atom is 0.244 e. The third-order valence-electron chi connectivity index (χ3n) is 5.77. The molecule has 9 heteroatoms. The van der Waals surface area contributed by atoms with Crippen molar-refractivity contribution < 1.29 is 22.7 Å². The SMILES string of the molecule is CCOc1ccc(N(CC(=O)N(CCc2ccccc2)[C@H](C)C(=O)N[C@H](C)CC)S(C)(=O)=O)cc1. The van der Waals surface area contributed by atoms with Crippen molar-refractivity contribution >= 4 is 27.5 Å². The van der Waals surface area contributed by atoms with E-state index in [0.717, 1.165) is 22.5 Å². The lowest BCUT2D eigenvalue weighted by atomic mass is 10.1. The minimum atomic E-state index is -3.76. The van der Waals surface area contributed by atoms with Crippen LogP contribution < -0.4 is 14.4 Å². The summed E-state index contributed by atoms with van der Waals surface area (Å²) in [6, 6.07) is 15.4. The number of sulfonamides is 1. The number of amides is 2. The van der Waals surface area contributed by atoms with E-state index in [-0.39, 0.29) is 18.5 Å². The number of anilines is 1. The van der Waals surface area contributed by atoms with E-state index >= 15 is 0 Å². The first-order valence-corrected chi connectivity index (χ1v) is 13.8. The van der Waals surface area contributed by atoms with Crippen LogP contribution in [0.25, 0.3) is 0 Å². The van der Waals surface area contributed by atoms with Gasteiger partial charge in [0.15, 0.2) is 0 Å². The molecule has 2 aromatic carbocycles. The second kappa shape index (κ2) is 13.1. The molecule has 0 heterocycles. The van der Waals surface area contributed by atoms with E-state index in [0.29, 0.717) is 24.5 Å². The highest BCUT2D eigenvalue weighted by molar-refractivity contribution is 7.92. The largest absolute Gasteiger partial charge is 0.494 e. The van der Waals surface area contributed by atoms with Crippen molar-refractivity contribution in [2.24, 2.45) is 0 Å². The van der Waals surface area contributed by atoms with Crippen LogP contribution in [0.15, 0.2) is 54.6 Å². The molecule has 0 unspecified atom stereocenters. The fourth-order valence-corrected chi connectivity index (χ4v) is 4.37. The minimum Gasteiger partial charge on any atom is -0.494 e. The van der Waals surface area contributed by atoms with Crippen LogP contribution in [0, 0.1) is 0 Å². The van der Waals surface area contributed by atoms with Gasteiger partial charge in [-0.25, -0.2) is 8.42 Å². The van der Waals surface area contributed by atoms with E-state index < -0.39 is 28.5 Å². The molecule has 1 N–H and O–H groups in total. The molecule has 0 bridgehead atoms. The van der Waals surface area contributed by atoms with E-state index in [4.69, 9.17) is 4.74 Å². The van der Waals surface area contributed by atoms with Crippen LogP contribution in [0.2, 0.25) is 0 Å². The summed E-state index contributed by atoms with van der Waals surface area (Å²) in [4.78, 5) is 27.8. The van der Waals surface area contributed by atoms with E-state index in [9.17, 15) is 18.0 Å². The zero-order chi connectivity index (χ0) is 26.0. The normalized spacial score (nSPS) is 12.9. The summed E-state index contributed by atoms with van der Waals surface area (Å²) < 4.78 is 31.7. The van der Waals surface area contributed by atoms with E-state index in [1.807, 2.05) is 51.1 Å². The highest BCUT2D eigenvalue weighted by Gasteiger charge is 2.30. The number of rotatable bonds is 13. The van der Waals surface area contributed by atoms with Gasteiger partial charge in [-0.15, -0.1) is 0 Å². The molecule has 8 nitrogen and oxygen atoms in total. The van der Waals surface area contributed by atoms with Crippen molar-refractivity contribution in [1.82, 2.24) is 10.2 Å². The van der Waals surface area contributed by atoms with Crippen LogP contribution in [-0.4, -0.2) is 63.2 Å². The fraction of sp³-hybridized carbons (Fsp3) is 0.462. The van der Waals surface area contributed by atoms with Gasteiger partial charge in [-0.2, -0.15) is 0 Å². The summed E-state index contributed by atoms with van der Waals surface area (Å²) in [5.74, 6) is -0.115. The van der Waals surface area contributed by atoms with Gasteiger partial charge in [0, 0.05) is 12.6 Å². The van der Waals surface area contributed by atoms with Crippen LogP contribution >= 0.6 is 0 Å². The molecule has 0 fully saturated rings. The number of carbonyl (C=O) groups is 2. The molecule has 0 aliphatic heterocycles. The average molecular weight is 504 g/mol. The summed E-state index contributed by atoms with van der Waals surface area (Å²) in [5.41, 5.74) is 1.37. The van der Waals surface area contributed by atoms with Crippen molar-refractivity contribution in [3.8, 4) is 5.75 Å². The molecule has 0 aromatic heterocycles. The first-order valence-electron chi connectivity index (χ1n) is 11.9. The zero-order valence-electron chi connectivity index (χ0n) is 21.2. The number of nitrogens with one attached hydrogen (secondary N) is 1. The Hall–Kier alpha value is -3.07. The first-order chi connectivity index (χ1) is 16.6. The van der Waals surface area contributed by atoms with Gasteiger partial charge in [0.1, 0.15) is 18.3 Å². The molecule has 0 aliphatic carbocycles. The van der Waals surface area contributed by atoms with Crippen molar-refractivity contribution in [3.63, 3.8) is 0 Å². The predicted molar refractivity (Wildman–Crippen MR) is 139 cm³/mol. The molecule has 2 aromatic rings. The summed E-state index contributed by atoms with van der Waals surface area (Å²) in [6.07, 6.45) is 2.36. The Morgan fingerprint density at radius 1 is 1.00 bits per heavy atom. The maximum absolute atomic E-state index is 13.5. The van der Waals surface area contributed by atoms with Crippen LogP contribution in [0.3, 0.4) is 0 Å². The molecular weight excluding hydrogens is 466 g/mol. The van der Waals surface area contributed by atoms with E-state index in [2.05, 4.69) is 5.32 Å². The van der Waals surface area contributed by atoms with Gasteiger partial charge in [-0.05, 0) is 63.4 Å². The summed E-state index contributed by atoms with van der Waals surface area (Å²) in [5, 5.41) is 2.92. The minimum absolute atomic E-state index is 0.0348. The van der Waals surface area contributed by atoms with Gasteiger partial charge in [0.2, 0.25) is 21.8 Å². The summed E-state index contributed by atoms with van der Waals surface area (Å²) in [7, 11) is -3.76. The highest BCUT2D eigenvalue weighted by atomic mass is 32.2. The third kappa shape index (κ3) is 8.58. The molecule has 35 heavy (non-hydrogen) atoms. The quantitative estimate of drug-likeness (QED) is 0.453. The molecule has 192 valence electrons. The van der Waals surface area contributed by atoms with Gasteiger partial charge >= 0.3 is 0 Å². The number of hydrogen-bond donors (Lipinski definition) is 1. The van der Waals surface area contributed by atoms with Gasteiger partial charge in [0.25, 0.3) is 0 Å². The van der Waals surface area contributed by atoms with Crippen molar-refractivity contribution in [1.29, 1.82) is 0 Å². The number of benzene rings is 2. The molecule has 0 aliphatic rings. The molecule has 0 saturated carbocycles. The maximum atomic E-state index is 13.5. The van der Waals surface area contributed by atoms with Gasteiger partial charge in [-0.3, -0.25) is 13.9 Å². The third-order valence-corrected chi connectivity index (χ3v) is 6.91. The van der Waals surface area contributed by atoms with Crippen LogP contribution in [0.5, 0.6) is 5.75 Å². The second-order valence-electron chi connectivity index (χ2n) is 8.51. The molecule has 2 atom stereocenters. The van der Waals surface area contributed by atoms with Crippen LogP contribution in [-0.2, 0) is 26.0 Å².